The maximum atomic E-state index is 4.62. The molecule has 5 heteroatoms. The summed E-state index contributed by atoms with van der Waals surface area (Å²) < 4.78 is 0. The monoisotopic (exact) mass is 307 g/mol. The Bertz CT molecular complexity index is 503. The second kappa shape index (κ2) is 8.07. The van der Waals surface area contributed by atoms with Gasteiger partial charge >= 0.3 is 0 Å². The molecule has 0 saturated heterocycles. The minimum absolute atomic E-state index is 0.492. The van der Waals surface area contributed by atoms with E-state index in [0.29, 0.717) is 5.92 Å². The number of aliphatic imine (C=N–C) groups is 1. The van der Waals surface area contributed by atoms with Crippen LogP contribution >= 0.6 is 22.7 Å². The van der Waals surface area contributed by atoms with Crippen molar-refractivity contribution in [2.24, 2.45) is 4.99 Å². The number of nitrogens with one attached hydrogen (secondary N) is 2. The molecular formula is C15H21N3S2. The Hall–Kier alpha value is -1.33. The maximum Gasteiger partial charge on any atom is 0.191 e. The largest absolute Gasteiger partial charge is 0.357 e. The molecule has 0 spiro atoms. The van der Waals surface area contributed by atoms with Crippen LogP contribution in [0.2, 0.25) is 0 Å². The molecule has 0 radical (unpaired) electrons. The van der Waals surface area contributed by atoms with Crippen molar-refractivity contribution < 1.29 is 0 Å². The van der Waals surface area contributed by atoms with Crippen molar-refractivity contribution in [2.45, 2.75) is 26.3 Å². The summed E-state index contributed by atoms with van der Waals surface area (Å²) >= 11 is 3.49. The third-order valence-corrected chi connectivity index (χ3v) is 4.57. The summed E-state index contributed by atoms with van der Waals surface area (Å²) in [4.78, 5) is 5.90. The van der Waals surface area contributed by atoms with Crippen LogP contribution in [0.4, 0.5) is 0 Å². The van der Waals surface area contributed by atoms with Crippen LogP contribution in [0.15, 0.2) is 39.3 Å². The van der Waals surface area contributed by atoms with E-state index in [9.17, 15) is 0 Å². The lowest BCUT2D eigenvalue weighted by Gasteiger charge is -2.15. The summed E-state index contributed by atoms with van der Waals surface area (Å²) in [5.74, 6) is 1.38. The van der Waals surface area contributed by atoms with Gasteiger partial charge < -0.3 is 10.6 Å². The number of guanidine groups is 1. The Morgan fingerprint density at radius 2 is 2.20 bits per heavy atom. The highest BCUT2D eigenvalue weighted by atomic mass is 32.1. The Morgan fingerprint density at radius 1 is 1.30 bits per heavy atom. The van der Waals surface area contributed by atoms with Gasteiger partial charge in [0, 0.05) is 18.0 Å². The van der Waals surface area contributed by atoms with E-state index >= 15 is 0 Å². The van der Waals surface area contributed by atoms with Crippen LogP contribution in [0.5, 0.6) is 0 Å². The summed E-state index contributed by atoms with van der Waals surface area (Å²) in [6.45, 7) is 6.83. The Labute approximate surface area is 128 Å². The lowest BCUT2D eigenvalue weighted by atomic mass is 10.1. The van der Waals surface area contributed by atoms with E-state index < -0.39 is 0 Å². The molecule has 0 aliphatic rings. The molecule has 2 N–H and O–H groups in total. The van der Waals surface area contributed by atoms with E-state index in [1.54, 1.807) is 22.7 Å². The normalized spacial score (nSPS) is 13.2. The third-order valence-electron chi connectivity index (χ3n) is 3.01. The minimum Gasteiger partial charge on any atom is -0.357 e. The van der Waals surface area contributed by atoms with E-state index in [1.807, 2.05) is 0 Å². The second-order valence-corrected chi connectivity index (χ2v) is 6.43. The predicted molar refractivity (Wildman–Crippen MR) is 89.9 cm³/mol. The van der Waals surface area contributed by atoms with E-state index in [1.165, 1.54) is 10.4 Å². The van der Waals surface area contributed by atoms with Crippen molar-refractivity contribution in [1.82, 2.24) is 10.6 Å². The molecule has 0 fully saturated rings. The van der Waals surface area contributed by atoms with Gasteiger partial charge in [-0.2, -0.15) is 11.3 Å². The molecule has 2 rings (SSSR count). The number of thiophene rings is 2. The zero-order valence-electron chi connectivity index (χ0n) is 11.9. The minimum atomic E-state index is 0.492. The zero-order valence-corrected chi connectivity index (χ0v) is 13.6. The van der Waals surface area contributed by atoms with Crippen LogP contribution in [0.3, 0.4) is 0 Å². The number of hydrogen-bond acceptors (Lipinski definition) is 3. The van der Waals surface area contributed by atoms with Gasteiger partial charge in [-0.25, -0.2) is 4.99 Å². The Kier molecular flexibility index (Phi) is 6.08. The topological polar surface area (TPSA) is 36.4 Å². The van der Waals surface area contributed by atoms with Gasteiger partial charge in [-0.3, -0.25) is 0 Å². The average molecular weight is 307 g/mol. The molecule has 2 aromatic rings. The molecular weight excluding hydrogens is 286 g/mol. The van der Waals surface area contributed by atoms with E-state index in [2.05, 4.69) is 63.8 Å². The van der Waals surface area contributed by atoms with Gasteiger partial charge in [0.2, 0.25) is 0 Å². The highest BCUT2D eigenvalue weighted by molar-refractivity contribution is 7.09. The van der Waals surface area contributed by atoms with Gasteiger partial charge in [0.05, 0.1) is 6.54 Å². The molecule has 2 aromatic heterocycles. The van der Waals surface area contributed by atoms with E-state index in [4.69, 9.17) is 0 Å². The summed E-state index contributed by atoms with van der Waals surface area (Å²) in [6.07, 6.45) is 0. The lowest BCUT2D eigenvalue weighted by molar-refractivity contribution is 0.702. The quantitative estimate of drug-likeness (QED) is 0.631. The number of nitrogens with zero attached hydrogens (tertiary/aromatic N) is 1. The molecule has 108 valence electrons. The third kappa shape index (κ3) is 4.65. The van der Waals surface area contributed by atoms with Crippen LogP contribution in [0, 0.1) is 0 Å². The highest BCUT2D eigenvalue weighted by Gasteiger charge is 2.06. The van der Waals surface area contributed by atoms with Crippen molar-refractivity contribution in [1.29, 1.82) is 0 Å². The highest BCUT2D eigenvalue weighted by Crippen LogP contribution is 2.17. The maximum absolute atomic E-state index is 4.62. The number of rotatable bonds is 6. The predicted octanol–water partition coefficient (Wildman–Crippen LogP) is 3.67. The summed E-state index contributed by atoms with van der Waals surface area (Å²) in [7, 11) is 0. The van der Waals surface area contributed by atoms with Gasteiger partial charge in [-0.15, -0.1) is 11.3 Å². The van der Waals surface area contributed by atoms with Crippen molar-refractivity contribution >= 4 is 28.6 Å². The smallest absolute Gasteiger partial charge is 0.191 e. The Morgan fingerprint density at radius 3 is 2.85 bits per heavy atom. The molecule has 0 amide bonds. The molecule has 20 heavy (non-hydrogen) atoms. The SMILES string of the molecule is CCNC(=NCc1cccs1)NCC(C)c1ccsc1. The first-order valence-corrected chi connectivity index (χ1v) is 8.68. The van der Waals surface area contributed by atoms with Crippen LogP contribution < -0.4 is 10.6 Å². The van der Waals surface area contributed by atoms with Crippen LogP contribution in [0.25, 0.3) is 0 Å². The molecule has 0 aliphatic carbocycles. The summed E-state index contributed by atoms with van der Waals surface area (Å²) in [5.41, 5.74) is 1.39. The van der Waals surface area contributed by atoms with Gasteiger partial charge in [0.15, 0.2) is 5.96 Å². The van der Waals surface area contributed by atoms with E-state index in [0.717, 1.165) is 25.6 Å². The first kappa shape index (κ1) is 15.1. The average Bonchev–Trinajstić information content (AvgIpc) is 3.13. The fourth-order valence-electron chi connectivity index (χ4n) is 1.82. The fraction of sp³-hybridized carbons (Fsp3) is 0.400. The molecule has 0 bridgehead atoms. The molecule has 3 nitrogen and oxygen atoms in total. The zero-order chi connectivity index (χ0) is 14.2. The van der Waals surface area contributed by atoms with E-state index in [-0.39, 0.29) is 0 Å². The Balaban J connectivity index is 1.87. The molecule has 0 saturated carbocycles. The van der Waals surface area contributed by atoms with Crippen molar-refractivity contribution in [2.75, 3.05) is 13.1 Å². The van der Waals surface area contributed by atoms with Gasteiger partial charge in [-0.05, 0) is 46.7 Å². The molecule has 1 atom stereocenters. The summed E-state index contributed by atoms with van der Waals surface area (Å²) in [6, 6.07) is 6.37. The number of hydrogen-bond donors (Lipinski definition) is 2. The first-order valence-electron chi connectivity index (χ1n) is 6.86. The van der Waals surface area contributed by atoms with Crippen LogP contribution in [-0.4, -0.2) is 19.0 Å². The van der Waals surface area contributed by atoms with Crippen molar-refractivity contribution in [3.63, 3.8) is 0 Å². The van der Waals surface area contributed by atoms with Gasteiger partial charge in [0.1, 0.15) is 0 Å². The van der Waals surface area contributed by atoms with Crippen LogP contribution in [-0.2, 0) is 6.54 Å². The summed E-state index contributed by atoms with van der Waals surface area (Å²) in [5, 5.41) is 13.1. The van der Waals surface area contributed by atoms with Gasteiger partial charge in [-0.1, -0.05) is 13.0 Å². The standard InChI is InChI=1S/C15H21N3S2/c1-3-16-15(18-10-14-5-4-7-20-14)17-9-12(2)13-6-8-19-11-13/h4-8,11-12H,3,9-10H2,1-2H3,(H2,16,17,18). The van der Waals surface area contributed by atoms with Gasteiger partial charge in [0.25, 0.3) is 0 Å². The lowest BCUT2D eigenvalue weighted by Crippen LogP contribution is -2.39. The molecule has 2 heterocycles. The molecule has 0 aliphatic heterocycles. The van der Waals surface area contributed by atoms with Crippen molar-refractivity contribution in [3.05, 3.63) is 44.8 Å². The first-order chi connectivity index (χ1) is 9.79. The van der Waals surface area contributed by atoms with Crippen LogP contribution in [0.1, 0.15) is 30.2 Å². The molecule has 0 aromatic carbocycles. The molecule has 1 unspecified atom stereocenters. The van der Waals surface area contributed by atoms with Crippen molar-refractivity contribution in [3.8, 4) is 0 Å². The fourth-order valence-corrected chi connectivity index (χ4v) is 3.23. The second-order valence-electron chi connectivity index (χ2n) is 4.61.